The van der Waals surface area contributed by atoms with E-state index in [1.165, 1.54) is 6.42 Å². The van der Waals surface area contributed by atoms with Crippen molar-refractivity contribution in [3.63, 3.8) is 0 Å². The Balaban J connectivity index is 1.37. The third-order valence-corrected chi connectivity index (χ3v) is 13.8. The van der Waals surface area contributed by atoms with Crippen LogP contribution in [-0.4, -0.2) is 56.0 Å². The summed E-state index contributed by atoms with van der Waals surface area (Å²) in [7, 11) is 0. The number of hydrogen-bond acceptors (Lipinski definition) is 5. The molecule has 3 unspecified atom stereocenters. The molecule has 5 aliphatic carbocycles. The molecule has 6 aliphatic rings. The van der Waals surface area contributed by atoms with Gasteiger partial charge in [-0.05, 0) is 117 Å². The number of aliphatic hydroxyl groups is 4. The lowest BCUT2D eigenvalue weighted by Crippen LogP contribution is -2.62. The fourth-order valence-electron chi connectivity index (χ4n) is 12.1. The van der Waals surface area contributed by atoms with E-state index in [1.807, 2.05) is 13.8 Å². The van der Waals surface area contributed by atoms with Crippen LogP contribution in [0.25, 0.3) is 0 Å². The Bertz CT molecular complexity index is 911. The normalized spacial score (nSPS) is 60.9. The highest BCUT2D eigenvalue weighted by atomic mass is 16.5. The molecule has 2 spiro atoms. The fourth-order valence-corrected chi connectivity index (χ4v) is 12.1. The first-order chi connectivity index (χ1) is 16.0. The van der Waals surface area contributed by atoms with Gasteiger partial charge in [0.05, 0.1) is 35.6 Å². The van der Waals surface area contributed by atoms with Gasteiger partial charge in [-0.3, -0.25) is 0 Å². The predicted molar refractivity (Wildman–Crippen MR) is 134 cm³/mol. The van der Waals surface area contributed by atoms with Crippen LogP contribution in [0.1, 0.15) is 106 Å². The summed E-state index contributed by atoms with van der Waals surface area (Å²) < 4.78 is 6.66. The molecule has 1 heterocycles. The summed E-state index contributed by atoms with van der Waals surface area (Å²) in [5.74, 6) is 0.577. The van der Waals surface area contributed by atoms with Crippen LogP contribution in [0.2, 0.25) is 0 Å². The van der Waals surface area contributed by atoms with Crippen LogP contribution in [0.15, 0.2) is 0 Å². The number of ether oxygens (including phenoxy) is 1. The maximum Gasteiger partial charge on any atom is 0.0865 e. The number of hydrogen-bond donors (Lipinski definition) is 4. The summed E-state index contributed by atoms with van der Waals surface area (Å²) in [6, 6.07) is 0. The standard InChI is InChI=1S/C30H50O5/c1-24(2)20(33)8-11-30-16-29(30)13-12-26(5)23(28(7)10-9-21(35-28)25(3,4)34)18(32)15-27(26,6)19(29)14-17(31)22(24)30/h17-23,31-34H,8-16H2,1-7H3/t17-,18-,19-,20-,21?,22?,23?,26+,27-,28+,29-,30+/m0/s1. The summed E-state index contributed by atoms with van der Waals surface area (Å²) in [6.45, 7) is 15.0. The van der Waals surface area contributed by atoms with E-state index in [1.54, 1.807) is 0 Å². The molecule has 6 rings (SSSR count). The smallest absolute Gasteiger partial charge is 0.0865 e. The summed E-state index contributed by atoms with van der Waals surface area (Å²) in [5.41, 5.74) is -1.35. The molecule has 6 fully saturated rings. The first-order valence-corrected chi connectivity index (χ1v) is 14.4. The van der Waals surface area contributed by atoms with Gasteiger partial charge in [0.15, 0.2) is 0 Å². The largest absolute Gasteiger partial charge is 0.393 e. The van der Waals surface area contributed by atoms with E-state index in [9.17, 15) is 20.4 Å². The molecule has 0 aromatic heterocycles. The summed E-state index contributed by atoms with van der Waals surface area (Å²) >= 11 is 0. The molecular weight excluding hydrogens is 440 g/mol. The van der Waals surface area contributed by atoms with Crippen molar-refractivity contribution in [3.05, 3.63) is 0 Å². The number of aliphatic hydroxyl groups excluding tert-OH is 3. The Hall–Kier alpha value is -0.200. The fraction of sp³-hybridized carbons (Fsp3) is 1.00. The molecule has 4 N–H and O–H groups in total. The monoisotopic (exact) mass is 490 g/mol. The van der Waals surface area contributed by atoms with Crippen molar-refractivity contribution in [1.29, 1.82) is 0 Å². The first kappa shape index (κ1) is 25.1. The zero-order valence-corrected chi connectivity index (χ0v) is 23.1. The summed E-state index contributed by atoms with van der Waals surface area (Å²) in [4.78, 5) is 0. The molecule has 0 aromatic carbocycles. The van der Waals surface area contributed by atoms with Gasteiger partial charge < -0.3 is 25.2 Å². The second-order valence-electron chi connectivity index (χ2n) is 15.9. The van der Waals surface area contributed by atoms with Crippen LogP contribution < -0.4 is 0 Å². The third kappa shape index (κ3) is 2.78. The van der Waals surface area contributed by atoms with Crippen LogP contribution in [0.4, 0.5) is 0 Å². The van der Waals surface area contributed by atoms with E-state index >= 15 is 0 Å². The zero-order chi connectivity index (χ0) is 25.6. The van der Waals surface area contributed by atoms with E-state index in [2.05, 4.69) is 34.6 Å². The number of fused-ring (bicyclic) bond motifs is 2. The van der Waals surface area contributed by atoms with Crippen LogP contribution in [-0.2, 0) is 4.74 Å². The first-order valence-electron chi connectivity index (χ1n) is 14.4. The highest BCUT2D eigenvalue weighted by Gasteiger charge is 2.84. The molecule has 0 aromatic rings. The average Bonchev–Trinajstić information content (AvgIpc) is 3.08. The van der Waals surface area contributed by atoms with Gasteiger partial charge in [0.2, 0.25) is 0 Å². The van der Waals surface area contributed by atoms with Crippen LogP contribution in [0, 0.1) is 44.8 Å². The molecule has 5 heteroatoms. The maximum atomic E-state index is 11.7. The molecule has 1 saturated heterocycles. The van der Waals surface area contributed by atoms with Gasteiger partial charge in [-0.1, -0.05) is 27.7 Å². The molecule has 5 nitrogen and oxygen atoms in total. The Labute approximate surface area is 212 Å². The minimum atomic E-state index is -0.886. The summed E-state index contributed by atoms with van der Waals surface area (Å²) in [5, 5.41) is 45.0. The SMILES string of the molecule is CC(C)(O)C1CC[C@](C)(C2[C@@H](O)C[C@@]3(C)[C@@H]4C[C@H](O)C5C(C)(C)[C@@H](O)CC[C@@]56C[C@@]46CC[C@]23C)O1. The van der Waals surface area contributed by atoms with Gasteiger partial charge in [0.25, 0.3) is 0 Å². The quantitative estimate of drug-likeness (QED) is 0.460. The van der Waals surface area contributed by atoms with Gasteiger partial charge >= 0.3 is 0 Å². The van der Waals surface area contributed by atoms with Crippen LogP contribution in [0.5, 0.6) is 0 Å². The maximum absolute atomic E-state index is 11.7. The van der Waals surface area contributed by atoms with E-state index in [0.29, 0.717) is 5.92 Å². The Kier molecular flexibility index (Phi) is 4.92. The molecule has 0 amide bonds. The van der Waals surface area contributed by atoms with Crippen molar-refractivity contribution < 1.29 is 25.2 Å². The van der Waals surface area contributed by atoms with E-state index in [4.69, 9.17) is 4.74 Å². The minimum absolute atomic E-state index is 0.0267. The van der Waals surface area contributed by atoms with Crippen LogP contribution >= 0.6 is 0 Å². The lowest BCUT2D eigenvalue weighted by molar-refractivity contribution is -0.213. The third-order valence-electron chi connectivity index (χ3n) is 13.8. The Morgan fingerprint density at radius 1 is 0.771 bits per heavy atom. The van der Waals surface area contributed by atoms with Crippen LogP contribution in [0.3, 0.4) is 0 Å². The van der Waals surface area contributed by atoms with Crippen molar-refractivity contribution in [2.75, 3.05) is 0 Å². The highest BCUT2D eigenvalue weighted by Crippen LogP contribution is 2.89. The van der Waals surface area contributed by atoms with Crippen molar-refractivity contribution in [2.24, 2.45) is 44.8 Å². The second-order valence-corrected chi connectivity index (χ2v) is 15.9. The van der Waals surface area contributed by atoms with E-state index in [0.717, 1.165) is 51.4 Å². The van der Waals surface area contributed by atoms with Crippen molar-refractivity contribution in [3.8, 4) is 0 Å². The van der Waals surface area contributed by atoms with Gasteiger partial charge in [-0.15, -0.1) is 0 Å². The number of rotatable bonds is 2. The highest BCUT2D eigenvalue weighted by molar-refractivity contribution is 5.33. The van der Waals surface area contributed by atoms with E-state index in [-0.39, 0.29) is 51.1 Å². The molecule has 12 atom stereocenters. The second kappa shape index (κ2) is 6.86. The van der Waals surface area contributed by atoms with Gasteiger partial charge in [-0.2, -0.15) is 0 Å². The Morgan fingerprint density at radius 3 is 2.09 bits per heavy atom. The van der Waals surface area contributed by atoms with E-state index < -0.39 is 23.4 Å². The molecule has 1 aliphatic heterocycles. The van der Waals surface area contributed by atoms with Crippen molar-refractivity contribution in [2.45, 2.75) is 142 Å². The lowest BCUT2D eigenvalue weighted by atomic mass is 9.41. The molecular formula is C30H50O5. The lowest BCUT2D eigenvalue weighted by Gasteiger charge is -2.64. The summed E-state index contributed by atoms with van der Waals surface area (Å²) in [6.07, 6.45) is 7.18. The zero-order valence-electron chi connectivity index (χ0n) is 23.1. The molecule has 35 heavy (non-hydrogen) atoms. The van der Waals surface area contributed by atoms with Gasteiger partial charge in [0.1, 0.15) is 0 Å². The topological polar surface area (TPSA) is 90.2 Å². The average molecular weight is 491 g/mol. The Morgan fingerprint density at radius 2 is 1.46 bits per heavy atom. The van der Waals surface area contributed by atoms with Crippen molar-refractivity contribution >= 4 is 0 Å². The predicted octanol–water partition coefficient (Wildman–Crippen LogP) is 4.44. The van der Waals surface area contributed by atoms with Gasteiger partial charge in [0, 0.05) is 5.92 Å². The molecule has 0 radical (unpaired) electrons. The molecule has 5 saturated carbocycles. The van der Waals surface area contributed by atoms with Gasteiger partial charge in [-0.25, -0.2) is 0 Å². The molecule has 200 valence electrons. The van der Waals surface area contributed by atoms with Crippen molar-refractivity contribution in [1.82, 2.24) is 0 Å². The molecule has 0 bridgehead atoms. The minimum Gasteiger partial charge on any atom is -0.393 e.